The molecule has 0 spiro atoms. The summed E-state index contributed by atoms with van der Waals surface area (Å²) < 4.78 is 25.8. The van der Waals surface area contributed by atoms with Crippen LogP contribution in [-0.4, -0.2) is 36.4 Å². The topological polar surface area (TPSA) is 43.4 Å². The highest BCUT2D eigenvalue weighted by Crippen LogP contribution is 2.36. The molecular formula is C14H20BFN2O2. The fourth-order valence-corrected chi connectivity index (χ4v) is 2.34. The number of hydrogen-bond donors (Lipinski definition) is 1. The minimum Gasteiger partial charge on any atom is -0.398 e. The molecule has 3 rings (SSSR count). The van der Waals surface area contributed by atoms with E-state index in [1.165, 1.54) is 6.07 Å². The van der Waals surface area contributed by atoms with E-state index in [1.54, 1.807) is 6.07 Å². The third-order valence-electron chi connectivity index (χ3n) is 4.56. The smallest absolute Gasteiger partial charge is 0.398 e. The monoisotopic (exact) mass is 278 g/mol. The summed E-state index contributed by atoms with van der Waals surface area (Å²) in [5.41, 5.74) is 0.334. The average Bonchev–Trinajstić information content (AvgIpc) is 2.49. The number of nitrogens with zero attached hydrogens (tertiary/aromatic N) is 1. The van der Waals surface area contributed by atoms with E-state index >= 15 is 0 Å². The van der Waals surface area contributed by atoms with Crippen molar-refractivity contribution in [2.24, 2.45) is 0 Å². The Kier molecular flexibility index (Phi) is 3.16. The van der Waals surface area contributed by atoms with Gasteiger partial charge in [0.2, 0.25) is 0 Å². The largest absolute Gasteiger partial charge is 0.514 e. The van der Waals surface area contributed by atoms with E-state index in [2.05, 4.69) is 10.3 Å². The SMILES string of the molecule is CC1(C)OB(c2ccc(F)c(C3CNC3)n2)OC1(C)C. The van der Waals surface area contributed by atoms with E-state index in [1.807, 2.05) is 27.7 Å². The van der Waals surface area contributed by atoms with Gasteiger partial charge in [0.1, 0.15) is 5.82 Å². The van der Waals surface area contributed by atoms with Crippen molar-refractivity contribution in [3.8, 4) is 0 Å². The first-order chi connectivity index (χ1) is 9.30. The normalized spacial score (nSPS) is 24.8. The van der Waals surface area contributed by atoms with E-state index in [0.29, 0.717) is 11.3 Å². The molecule has 0 aliphatic carbocycles. The molecule has 0 saturated carbocycles. The van der Waals surface area contributed by atoms with Gasteiger partial charge in [0, 0.05) is 19.0 Å². The second kappa shape index (κ2) is 4.51. The van der Waals surface area contributed by atoms with Gasteiger partial charge in [0.15, 0.2) is 0 Å². The Balaban J connectivity index is 1.88. The minimum atomic E-state index is -0.535. The molecule has 4 nitrogen and oxygen atoms in total. The van der Waals surface area contributed by atoms with Gasteiger partial charge < -0.3 is 14.6 Å². The molecule has 2 fully saturated rings. The molecule has 108 valence electrons. The Hall–Kier alpha value is -0.975. The van der Waals surface area contributed by atoms with Crippen molar-refractivity contribution in [2.75, 3.05) is 13.1 Å². The van der Waals surface area contributed by atoms with Crippen LogP contribution in [0.3, 0.4) is 0 Å². The maximum atomic E-state index is 13.9. The fourth-order valence-electron chi connectivity index (χ4n) is 2.34. The maximum absolute atomic E-state index is 13.9. The van der Waals surface area contributed by atoms with Gasteiger partial charge in [-0.2, -0.15) is 0 Å². The van der Waals surface area contributed by atoms with E-state index in [4.69, 9.17) is 9.31 Å². The number of pyridine rings is 1. The molecule has 0 unspecified atom stereocenters. The van der Waals surface area contributed by atoms with Crippen molar-refractivity contribution in [2.45, 2.75) is 44.8 Å². The molecule has 20 heavy (non-hydrogen) atoms. The lowest BCUT2D eigenvalue weighted by molar-refractivity contribution is 0.00578. The van der Waals surface area contributed by atoms with Crippen molar-refractivity contribution >= 4 is 12.7 Å². The quantitative estimate of drug-likeness (QED) is 0.826. The molecule has 2 saturated heterocycles. The van der Waals surface area contributed by atoms with Crippen LogP contribution in [0, 0.1) is 5.82 Å². The molecule has 1 N–H and O–H groups in total. The van der Waals surface area contributed by atoms with Gasteiger partial charge in [-0.05, 0) is 39.8 Å². The highest BCUT2D eigenvalue weighted by Gasteiger charge is 2.52. The molecule has 0 atom stereocenters. The Morgan fingerprint density at radius 3 is 2.30 bits per heavy atom. The predicted molar refractivity (Wildman–Crippen MR) is 75.5 cm³/mol. The molecule has 1 aromatic rings. The molecule has 6 heteroatoms. The van der Waals surface area contributed by atoms with E-state index in [0.717, 1.165) is 13.1 Å². The summed E-state index contributed by atoms with van der Waals surface area (Å²) in [6.45, 7) is 9.52. The summed E-state index contributed by atoms with van der Waals surface area (Å²) >= 11 is 0. The first kappa shape index (κ1) is 14.0. The Morgan fingerprint density at radius 2 is 1.80 bits per heavy atom. The zero-order chi connectivity index (χ0) is 14.5. The van der Waals surface area contributed by atoms with Crippen LogP contribution in [0.1, 0.15) is 39.3 Å². The molecule has 0 aromatic carbocycles. The third kappa shape index (κ3) is 2.16. The number of hydrogen-bond acceptors (Lipinski definition) is 4. The van der Waals surface area contributed by atoms with Crippen LogP contribution in [0.4, 0.5) is 4.39 Å². The number of nitrogens with one attached hydrogen (secondary N) is 1. The number of aromatic nitrogens is 1. The van der Waals surface area contributed by atoms with Gasteiger partial charge in [0.25, 0.3) is 0 Å². The highest BCUT2D eigenvalue weighted by molar-refractivity contribution is 6.61. The predicted octanol–water partition coefficient (Wildman–Crippen LogP) is 1.21. The van der Waals surface area contributed by atoms with E-state index < -0.39 is 18.3 Å². The van der Waals surface area contributed by atoms with E-state index in [9.17, 15) is 4.39 Å². The standard InChI is InChI=1S/C14H20BFN2O2/c1-13(2)14(3,4)20-15(19-13)11-6-5-10(16)12(18-11)9-7-17-8-9/h5-6,9,17H,7-8H2,1-4H3. The lowest BCUT2D eigenvalue weighted by Gasteiger charge is -2.32. The molecular weight excluding hydrogens is 258 g/mol. The minimum absolute atomic E-state index is 0.150. The van der Waals surface area contributed by atoms with Gasteiger partial charge in [-0.1, -0.05) is 0 Å². The van der Waals surface area contributed by atoms with Gasteiger partial charge in [0.05, 0.1) is 22.5 Å². The maximum Gasteiger partial charge on any atom is 0.514 e. The van der Waals surface area contributed by atoms with Crippen molar-refractivity contribution in [1.82, 2.24) is 10.3 Å². The van der Waals surface area contributed by atoms with Gasteiger partial charge >= 0.3 is 7.12 Å². The summed E-state index contributed by atoms with van der Waals surface area (Å²) in [7, 11) is -0.535. The summed E-state index contributed by atoms with van der Waals surface area (Å²) in [5, 5.41) is 3.13. The van der Waals surface area contributed by atoms with Crippen LogP contribution in [0.25, 0.3) is 0 Å². The Labute approximate surface area is 119 Å². The van der Waals surface area contributed by atoms with Crippen molar-refractivity contribution < 1.29 is 13.7 Å². The molecule has 1 aromatic heterocycles. The molecule has 0 bridgehead atoms. The summed E-state index contributed by atoms with van der Waals surface area (Å²) in [5.74, 6) is -0.103. The summed E-state index contributed by atoms with van der Waals surface area (Å²) in [6, 6.07) is 3.11. The van der Waals surface area contributed by atoms with Crippen molar-refractivity contribution in [1.29, 1.82) is 0 Å². The lowest BCUT2D eigenvalue weighted by atomic mass is 9.83. The van der Waals surface area contributed by atoms with Gasteiger partial charge in [-0.25, -0.2) is 4.39 Å². The fraction of sp³-hybridized carbons (Fsp3) is 0.643. The van der Waals surface area contributed by atoms with E-state index in [-0.39, 0.29) is 11.7 Å². The van der Waals surface area contributed by atoms with Crippen LogP contribution in [0.5, 0.6) is 0 Å². The molecule has 0 radical (unpaired) electrons. The number of rotatable bonds is 2. The molecule has 3 heterocycles. The van der Waals surface area contributed by atoms with Crippen LogP contribution in [-0.2, 0) is 9.31 Å². The summed E-state index contributed by atoms with van der Waals surface area (Å²) in [6.07, 6.45) is 0. The second-order valence-corrected chi connectivity index (χ2v) is 6.55. The highest BCUT2D eigenvalue weighted by atomic mass is 19.1. The average molecular weight is 278 g/mol. The van der Waals surface area contributed by atoms with Crippen LogP contribution < -0.4 is 10.9 Å². The van der Waals surface area contributed by atoms with Gasteiger partial charge in [-0.15, -0.1) is 0 Å². The van der Waals surface area contributed by atoms with Crippen LogP contribution in [0.2, 0.25) is 0 Å². The zero-order valence-corrected chi connectivity index (χ0v) is 12.4. The van der Waals surface area contributed by atoms with Crippen LogP contribution >= 0.6 is 0 Å². The van der Waals surface area contributed by atoms with Crippen molar-refractivity contribution in [3.05, 3.63) is 23.6 Å². The Morgan fingerprint density at radius 1 is 1.20 bits per heavy atom. The first-order valence-electron chi connectivity index (χ1n) is 7.03. The number of halogens is 1. The van der Waals surface area contributed by atoms with Gasteiger partial charge in [-0.3, -0.25) is 4.98 Å². The molecule has 2 aliphatic rings. The first-order valence-corrected chi connectivity index (χ1v) is 7.03. The lowest BCUT2D eigenvalue weighted by Crippen LogP contribution is -2.43. The zero-order valence-electron chi connectivity index (χ0n) is 12.4. The third-order valence-corrected chi connectivity index (χ3v) is 4.56. The summed E-state index contributed by atoms with van der Waals surface area (Å²) in [4.78, 5) is 4.44. The van der Waals surface area contributed by atoms with Crippen LogP contribution in [0.15, 0.2) is 12.1 Å². The van der Waals surface area contributed by atoms with Crippen molar-refractivity contribution in [3.63, 3.8) is 0 Å². The second-order valence-electron chi connectivity index (χ2n) is 6.55. The Bertz CT molecular complexity index is 516. The molecule has 2 aliphatic heterocycles. The molecule has 0 amide bonds.